The van der Waals surface area contributed by atoms with Gasteiger partial charge >= 0.3 is 0 Å². The molecular formula is C16H19NOS. The third-order valence-electron chi connectivity index (χ3n) is 2.96. The molecule has 2 aromatic rings. The summed E-state index contributed by atoms with van der Waals surface area (Å²) in [5.41, 5.74) is 9.10. The molecule has 0 heterocycles. The van der Waals surface area contributed by atoms with Crippen LogP contribution in [0.3, 0.4) is 0 Å². The van der Waals surface area contributed by atoms with Crippen LogP contribution in [0, 0.1) is 13.8 Å². The topological polar surface area (TPSA) is 35.2 Å². The molecule has 0 aliphatic carbocycles. The highest BCUT2D eigenvalue weighted by Gasteiger charge is 1.98. The van der Waals surface area contributed by atoms with Crippen LogP contribution in [0.5, 0.6) is 5.75 Å². The minimum Gasteiger partial charge on any atom is -0.493 e. The van der Waals surface area contributed by atoms with Gasteiger partial charge in [0.2, 0.25) is 0 Å². The fourth-order valence-corrected chi connectivity index (χ4v) is 2.55. The Hall–Kier alpha value is -1.61. The monoisotopic (exact) mass is 273 g/mol. The standard InChI is InChI=1S/C16H19NOS/c1-12-6-7-16(10-13(12)2)19-9-8-18-15-5-3-4-14(17)11-15/h3-7,10-11H,8-9,17H2,1-2H3. The molecule has 2 rings (SSSR count). The minimum absolute atomic E-state index is 0.682. The summed E-state index contributed by atoms with van der Waals surface area (Å²) in [6.45, 7) is 4.95. The predicted molar refractivity (Wildman–Crippen MR) is 83.0 cm³/mol. The molecule has 2 nitrogen and oxygen atoms in total. The lowest BCUT2D eigenvalue weighted by atomic mass is 10.1. The van der Waals surface area contributed by atoms with Gasteiger partial charge < -0.3 is 10.5 Å². The van der Waals surface area contributed by atoms with Crippen LogP contribution in [0.2, 0.25) is 0 Å². The zero-order chi connectivity index (χ0) is 13.7. The van der Waals surface area contributed by atoms with E-state index in [4.69, 9.17) is 10.5 Å². The molecule has 0 aliphatic rings. The molecule has 0 amide bonds. The van der Waals surface area contributed by atoms with Crippen molar-refractivity contribution in [2.75, 3.05) is 18.1 Å². The van der Waals surface area contributed by atoms with Crippen molar-refractivity contribution >= 4 is 17.4 Å². The molecule has 3 heteroatoms. The van der Waals surface area contributed by atoms with Crippen LogP contribution >= 0.6 is 11.8 Å². The first-order valence-electron chi connectivity index (χ1n) is 6.33. The van der Waals surface area contributed by atoms with Gasteiger partial charge in [-0.15, -0.1) is 11.8 Å². The second-order valence-corrected chi connectivity index (χ2v) is 5.68. The molecule has 0 saturated heterocycles. The van der Waals surface area contributed by atoms with Gasteiger partial charge in [0.1, 0.15) is 5.75 Å². The molecule has 0 unspecified atom stereocenters. The second kappa shape index (κ2) is 6.53. The van der Waals surface area contributed by atoms with E-state index in [0.29, 0.717) is 6.61 Å². The average Bonchev–Trinajstić information content (AvgIpc) is 2.39. The highest BCUT2D eigenvalue weighted by atomic mass is 32.2. The second-order valence-electron chi connectivity index (χ2n) is 4.52. The lowest BCUT2D eigenvalue weighted by molar-refractivity contribution is 0.344. The van der Waals surface area contributed by atoms with Crippen LogP contribution < -0.4 is 10.5 Å². The van der Waals surface area contributed by atoms with E-state index in [1.54, 1.807) is 0 Å². The fraction of sp³-hybridized carbons (Fsp3) is 0.250. The summed E-state index contributed by atoms with van der Waals surface area (Å²) >= 11 is 1.81. The summed E-state index contributed by atoms with van der Waals surface area (Å²) in [5, 5.41) is 0. The Morgan fingerprint density at radius 2 is 1.89 bits per heavy atom. The normalized spacial score (nSPS) is 10.4. The smallest absolute Gasteiger partial charge is 0.121 e. The number of hydrogen-bond donors (Lipinski definition) is 1. The Labute approximate surface area is 119 Å². The molecule has 0 bridgehead atoms. The maximum Gasteiger partial charge on any atom is 0.121 e. The SMILES string of the molecule is Cc1ccc(SCCOc2cccc(N)c2)cc1C. The molecule has 19 heavy (non-hydrogen) atoms. The quantitative estimate of drug-likeness (QED) is 0.507. The number of thioether (sulfide) groups is 1. The van der Waals surface area contributed by atoms with Crippen molar-refractivity contribution < 1.29 is 4.74 Å². The molecule has 2 aromatic carbocycles. The Bertz CT molecular complexity index is 554. The molecule has 0 fully saturated rings. The number of aryl methyl sites for hydroxylation is 2. The maximum atomic E-state index is 5.70. The van der Waals surface area contributed by atoms with Gasteiger partial charge in [-0.05, 0) is 49.2 Å². The highest BCUT2D eigenvalue weighted by Crippen LogP contribution is 2.21. The summed E-state index contributed by atoms with van der Waals surface area (Å²) in [7, 11) is 0. The fourth-order valence-electron chi connectivity index (χ4n) is 1.73. The largest absolute Gasteiger partial charge is 0.493 e. The van der Waals surface area contributed by atoms with E-state index in [-0.39, 0.29) is 0 Å². The molecular weight excluding hydrogens is 254 g/mol. The minimum atomic E-state index is 0.682. The van der Waals surface area contributed by atoms with Gasteiger partial charge in [-0.2, -0.15) is 0 Å². The van der Waals surface area contributed by atoms with Crippen LogP contribution in [0.15, 0.2) is 47.4 Å². The van der Waals surface area contributed by atoms with E-state index in [0.717, 1.165) is 17.2 Å². The van der Waals surface area contributed by atoms with Crippen LogP contribution in [0.25, 0.3) is 0 Å². The van der Waals surface area contributed by atoms with Gasteiger partial charge in [0.15, 0.2) is 0 Å². The van der Waals surface area contributed by atoms with Crippen molar-refractivity contribution in [3.05, 3.63) is 53.6 Å². The van der Waals surface area contributed by atoms with Gasteiger partial charge in [0, 0.05) is 22.4 Å². The summed E-state index contributed by atoms with van der Waals surface area (Å²) in [4.78, 5) is 1.29. The molecule has 0 radical (unpaired) electrons. The van der Waals surface area contributed by atoms with Crippen molar-refractivity contribution in [1.29, 1.82) is 0 Å². The van der Waals surface area contributed by atoms with E-state index in [9.17, 15) is 0 Å². The van der Waals surface area contributed by atoms with E-state index < -0.39 is 0 Å². The van der Waals surface area contributed by atoms with Crippen LogP contribution in [0.1, 0.15) is 11.1 Å². The van der Waals surface area contributed by atoms with Crippen LogP contribution in [0.4, 0.5) is 5.69 Å². The molecule has 0 atom stereocenters. The Morgan fingerprint density at radius 3 is 2.63 bits per heavy atom. The summed E-state index contributed by atoms with van der Waals surface area (Å²) < 4.78 is 5.66. The Balaban J connectivity index is 1.79. The zero-order valence-corrected chi connectivity index (χ0v) is 12.2. The lowest BCUT2D eigenvalue weighted by Gasteiger charge is -2.07. The maximum absolute atomic E-state index is 5.70. The van der Waals surface area contributed by atoms with E-state index in [1.165, 1.54) is 16.0 Å². The average molecular weight is 273 g/mol. The zero-order valence-electron chi connectivity index (χ0n) is 11.3. The summed E-state index contributed by atoms with van der Waals surface area (Å²) in [6, 6.07) is 14.1. The predicted octanol–water partition coefficient (Wildman–Crippen LogP) is 4.06. The lowest BCUT2D eigenvalue weighted by Crippen LogP contribution is -2.00. The number of anilines is 1. The first-order valence-corrected chi connectivity index (χ1v) is 7.32. The van der Waals surface area contributed by atoms with E-state index >= 15 is 0 Å². The summed E-state index contributed by atoms with van der Waals surface area (Å²) in [6.07, 6.45) is 0. The number of rotatable bonds is 5. The number of nitrogen functional groups attached to an aromatic ring is 1. The van der Waals surface area contributed by atoms with Gasteiger partial charge in [0.25, 0.3) is 0 Å². The van der Waals surface area contributed by atoms with Crippen molar-refractivity contribution in [3.8, 4) is 5.75 Å². The van der Waals surface area contributed by atoms with Gasteiger partial charge in [-0.3, -0.25) is 0 Å². The molecule has 2 N–H and O–H groups in total. The van der Waals surface area contributed by atoms with Crippen LogP contribution in [-0.2, 0) is 0 Å². The Morgan fingerprint density at radius 1 is 1.05 bits per heavy atom. The number of benzene rings is 2. The molecule has 0 aromatic heterocycles. The van der Waals surface area contributed by atoms with Crippen molar-refractivity contribution in [3.63, 3.8) is 0 Å². The molecule has 0 aliphatic heterocycles. The number of ether oxygens (including phenoxy) is 1. The van der Waals surface area contributed by atoms with Crippen molar-refractivity contribution in [2.45, 2.75) is 18.7 Å². The first kappa shape index (κ1) is 13.8. The summed E-state index contributed by atoms with van der Waals surface area (Å²) in [5.74, 6) is 1.76. The Kier molecular flexibility index (Phi) is 4.74. The van der Waals surface area contributed by atoms with Crippen molar-refractivity contribution in [1.82, 2.24) is 0 Å². The van der Waals surface area contributed by atoms with Crippen molar-refractivity contribution in [2.24, 2.45) is 0 Å². The first-order chi connectivity index (χ1) is 9.15. The van der Waals surface area contributed by atoms with Gasteiger partial charge in [-0.1, -0.05) is 12.1 Å². The molecule has 0 saturated carbocycles. The highest BCUT2D eigenvalue weighted by molar-refractivity contribution is 7.99. The van der Waals surface area contributed by atoms with Gasteiger partial charge in [0.05, 0.1) is 6.61 Å². The van der Waals surface area contributed by atoms with Gasteiger partial charge in [-0.25, -0.2) is 0 Å². The number of hydrogen-bond acceptors (Lipinski definition) is 3. The van der Waals surface area contributed by atoms with E-state index in [2.05, 4.69) is 32.0 Å². The molecule has 100 valence electrons. The van der Waals surface area contributed by atoms with E-state index in [1.807, 2.05) is 36.0 Å². The molecule has 0 spiro atoms. The van der Waals surface area contributed by atoms with Crippen LogP contribution in [-0.4, -0.2) is 12.4 Å². The number of nitrogens with two attached hydrogens (primary N) is 1. The third kappa shape index (κ3) is 4.21. The third-order valence-corrected chi connectivity index (χ3v) is 3.92.